The molecule has 1 fully saturated rings. The third-order valence-corrected chi connectivity index (χ3v) is 4.44. The highest BCUT2D eigenvalue weighted by Gasteiger charge is 2.28. The number of nitrogens with zero attached hydrogens (tertiary/aromatic N) is 2. The summed E-state index contributed by atoms with van der Waals surface area (Å²) < 4.78 is 11.3. The van der Waals surface area contributed by atoms with Crippen LogP contribution in [0.25, 0.3) is 0 Å². The normalized spacial score (nSPS) is 21.4. The topological polar surface area (TPSA) is 51.0 Å². The van der Waals surface area contributed by atoms with Crippen LogP contribution in [0, 0.1) is 0 Å². The summed E-state index contributed by atoms with van der Waals surface area (Å²) in [6.07, 6.45) is 0.109. The van der Waals surface area contributed by atoms with Gasteiger partial charge >= 0.3 is 0 Å². The van der Waals surface area contributed by atoms with Gasteiger partial charge in [-0.15, -0.1) is 0 Å². The zero-order chi connectivity index (χ0) is 17.0. The lowest BCUT2D eigenvalue weighted by Gasteiger charge is -2.42. The predicted octanol–water partition coefficient (Wildman–Crippen LogP) is 2.12. The molecule has 2 unspecified atom stereocenters. The molecule has 1 aliphatic heterocycles. The summed E-state index contributed by atoms with van der Waals surface area (Å²) in [6, 6.07) is 6.87. The minimum absolute atomic E-state index is 0.109. The molecule has 2 atom stereocenters. The quantitative estimate of drug-likeness (QED) is 0.870. The summed E-state index contributed by atoms with van der Waals surface area (Å²) in [5.74, 6) is 1.56. The van der Waals surface area contributed by atoms with Crippen molar-refractivity contribution in [3.05, 3.63) is 23.8 Å². The Kier molecular flexibility index (Phi) is 6.27. The highest BCUT2D eigenvalue weighted by Crippen LogP contribution is 2.33. The minimum Gasteiger partial charge on any atom is -0.493 e. The second kappa shape index (κ2) is 7.99. The van der Waals surface area contributed by atoms with Crippen LogP contribution < -0.4 is 15.2 Å². The first-order valence-electron chi connectivity index (χ1n) is 8.45. The van der Waals surface area contributed by atoms with Gasteiger partial charge in [0.2, 0.25) is 0 Å². The summed E-state index contributed by atoms with van der Waals surface area (Å²) >= 11 is 0. The van der Waals surface area contributed by atoms with E-state index in [-0.39, 0.29) is 12.1 Å². The third-order valence-electron chi connectivity index (χ3n) is 4.44. The van der Waals surface area contributed by atoms with Gasteiger partial charge in [0.15, 0.2) is 11.5 Å². The molecule has 1 saturated heterocycles. The van der Waals surface area contributed by atoms with Crippen molar-refractivity contribution in [3.8, 4) is 11.5 Å². The summed E-state index contributed by atoms with van der Waals surface area (Å²) in [5.41, 5.74) is 7.32. The van der Waals surface area contributed by atoms with Gasteiger partial charge in [-0.05, 0) is 45.5 Å². The Balaban J connectivity index is 2.26. The van der Waals surface area contributed by atoms with Gasteiger partial charge in [-0.2, -0.15) is 0 Å². The molecular weight excluding hydrogens is 290 g/mol. The van der Waals surface area contributed by atoms with Crippen molar-refractivity contribution in [1.29, 1.82) is 0 Å². The Morgan fingerprint density at radius 3 is 2.57 bits per heavy atom. The highest BCUT2D eigenvalue weighted by molar-refractivity contribution is 5.44. The van der Waals surface area contributed by atoms with Gasteiger partial charge in [-0.3, -0.25) is 4.90 Å². The smallest absolute Gasteiger partial charge is 0.161 e. The summed E-state index contributed by atoms with van der Waals surface area (Å²) in [6.45, 7) is 10.1. The molecule has 0 aromatic heterocycles. The molecule has 0 aliphatic carbocycles. The average molecular weight is 321 g/mol. The monoisotopic (exact) mass is 321 g/mol. The summed E-state index contributed by atoms with van der Waals surface area (Å²) in [5, 5.41) is 0. The standard InChI is InChI=1S/C18H31N3O2/c1-13(2)23-18-10-15(6-7-17(18)22-5)16(11-19)21-9-8-20(4)12-14(21)3/h6-7,10,13-14,16H,8-9,11-12,19H2,1-5H3. The molecule has 2 rings (SSSR count). The molecule has 1 aromatic rings. The second-order valence-corrected chi connectivity index (χ2v) is 6.68. The molecule has 2 N–H and O–H groups in total. The zero-order valence-corrected chi connectivity index (χ0v) is 15.1. The highest BCUT2D eigenvalue weighted by atomic mass is 16.5. The number of piperazine rings is 1. The van der Waals surface area contributed by atoms with Crippen molar-refractivity contribution in [2.24, 2.45) is 5.73 Å². The number of rotatable bonds is 6. The molecule has 0 spiro atoms. The number of methoxy groups -OCH3 is 1. The Hall–Kier alpha value is -1.30. The molecule has 1 heterocycles. The van der Waals surface area contributed by atoms with Crippen LogP contribution in [0.15, 0.2) is 18.2 Å². The van der Waals surface area contributed by atoms with Crippen LogP contribution in [0.1, 0.15) is 32.4 Å². The number of nitrogens with two attached hydrogens (primary N) is 1. The van der Waals surface area contributed by atoms with Crippen LogP contribution in [0.4, 0.5) is 0 Å². The van der Waals surface area contributed by atoms with E-state index in [1.165, 1.54) is 5.56 Å². The Bertz CT molecular complexity index is 507. The van der Waals surface area contributed by atoms with Crippen molar-refractivity contribution in [2.45, 2.75) is 39.0 Å². The maximum absolute atomic E-state index is 6.13. The lowest BCUT2D eigenvalue weighted by Crippen LogP contribution is -2.52. The second-order valence-electron chi connectivity index (χ2n) is 6.68. The van der Waals surface area contributed by atoms with Gasteiger partial charge in [0.1, 0.15) is 0 Å². The van der Waals surface area contributed by atoms with E-state index in [0.29, 0.717) is 12.6 Å². The van der Waals surface area contributed by atoms with E-state index in [4.69, 9.17) is 15.2 Å². The van der Waals surface area contributed by atoms with E-state index in [9.17, 15) is 0 Å². The van der Waals surface area contributed by atoms with Gasteiger partial charge < -0.3 is 20.1 Å². The van der Waals surface area contributed by atoms with E-state index in [1.807, 2.05) is 19.9 Å². The Morgan fingerprint density at radius 1 is 1.26 bits per heavy atom. The molecule has 0 amide bonds. The number of ether oxygens (including phenoxy) is 2. The summed E-state index contributed by atoms with van der Waals surface area (Å²) in [7, 11) is 3.85. The van der Waals surface area contributed by atoms with Gasteiger partial charge in [-0.1, -0.05) is 6.07 Å². The molecule has 5 nitrogen and oxygen atoms in total. The minimum atomic E-state index is 0.109. The maximum Gasteiger partial charge on any atom is 0.161 e. The molecule has 0 radical (unpaired) electrons. The van der Waals surface area contributed by atoms with Crippen LogP contribution in [0.5, 0.6) is 11.5 Å². The fraction of sp³-hybridized carbons (Fsp3) is 0.667. The average Bonchev–Trinajstić information content (AvgIpc) is 2.50. The molecule has 23 heavy (non-hydrogen) atoms. The zero-order valence-electron chi connectivity index (χ0n) is 15.1. The third kappa shape index (κ3) is 4.37. The van der Waals surface area contributed by atoms with Crippen LogP contribution in [-0.4, -0.2) is 62.3 Å². The molecule has 0 saturated carbocycles. The number of benzene rings is 1. The molecule has 0 bridgehead atoms. The van der Waals surface area contributed by atoms with E-state index in [1.54, 1.807) is 7.11 Å². The van der Waals surface area contributed by atoms with E-state index in [0.717, 1.165) is 31.1 Å². The van der Waals surface area contributed by atoms with Crippen LogP contribution in [0.3, 0.4) is 0 Å². The van der Waals surface area contributed by atoms with Gasteiger partial charge in [0.05, 0.1) is 13.2 Å². The van der Waals surface area contributed by atoms with Gasteiger partial charge in [0, 0.05) is 38.3 Å². The first-order chi connectivity index (χ1) is 11.0. The SMILES string of the molecule is COc1ccc(C(CN)N2CCN(C)CC2C)cc1OC(C)C. The van der Waals surface area contributed by atoms with Gasteiger partial charge in [0.25, 0.3) is 0 Å². The molecule has 1 aliphatic rings. The molecule has 1 aromatic carbocycles. The first kappa shape index (κ1) is 18.0. The van der Waals surface area contributed by atoms with Crippen molar-refractivity contribution in [1.82, 2.24) is 9.80 Å². The van der Waals surface area contributed by atoms with Crippen molar-refractivity contribution >= 4 is 0 Å². The van der Waals surface area contributed by atoms with E-state index in [2.05, 4.69) is 35.9 Å². The molecule has 5 heteroatoms. The Labute approximate surface area is 140 Å². The lowest BCUT2D eigenvalue weighted by atomic mass is 10.0. The lowest BCUT2D eigenvalue weighted by molar-refractivity contribution is 0.0634. The van der Waals surface area contributed by atoms with E-state index >= 15 is 0 Å². The van der Waals surface area contributed by atoms with Crippen molar-refractivity contribution in [2.75, 3.05) is 40.3 Å². The van der Waals surface area contributed by atoms with Crippen molar-refractivity contribution in [3.63, 3.8) is 0 Å². The van der Waals surface area contributed by atoms with Crippen molar-refractivity contribution < 1.29 is 9.47 Å². The first-order valence-corrected chi connectivity index (χ1v) is 8.45. The number of hydrogen-bond donors (Lipinski definition) is 1. The largest absolute Gasteiger partial charge is 0.493 e. The predicted molar refractivity (Wildman–Crippen MR) is 94.2 cm³/mol. The number of hydrogen-bond acceptors (Lipinski definition) is 5. The molecular formula is C18H31N3O2. The fourth-order valence-electron chi connectivity index (χ4n) is 3.33. The fourth-order valence-corrected chi connectivity index (χ4v) is 3.33. The van der Waals surface area contributed by atoms with Crippen LogP contribution in [0.2, 0.25) is 0 Å². The van der Waals surface area contributed by atoms with E-state index < -0.39 is 0 Å². The summed E-state index contributed by atoms with van der Waals surface area (Å²) in [4.78, 5) is 4.87. The maximum atomic E-state index is 6.13. The van der Waals surface area contributed by atoms with Crippen LogP contribution in [-0.2, 0) is 0 Å². The number of likely N-dealkylation sites (N-methyl/N-ethyl adjacent to an activating group) is 1. The molecule has 130 valence electrons. The van der Waals surface area contributed by atoms with Gasteiger partial charge in [-0.25, -0.2) is 0 Å². The Morgan fingerprint density at radius 2 is 2.00 bits per heavy atom. The van der Waals surface area contributed by atoms with Crippen LogP contribution >= 0.6 is 0 Å².